The van der Waals surface area contributed by atoms with Crippen molar-refractivity contribution in [2.75, 3.05) is 6.54 Å². The van der Waals surface area contributed by atoms with Gasteiger partial charge in [-0.15, -0.1) is 0 Å². The molecule has 0 aromatic carbocycles. The van der Waals surface area contributed by atoms with Crippen LogP contribution in [0.4, 0.5) is 0 Å². The predicted octanol–water partition coefficient (Wildman–Crippen LogP) is 1.18. The molecule has 82 valence electrons. The fourth-order valence-corrected chi connectivity index (χ4v) is 2.31. The van der Waals surface area contributed by atoms with E-state index in [1.54, 1.807) is 5.48 Å². The van der Waals surface area contributed by atoms with Gasteiger partial charge in [-0.3, -0.25) is 10.0 Å². The number of carbonyl (C=O) groups is 1. The summed E-state index contributed by atoms with van der Waals surface area (Å²) in [6, 6.07) is 0. The molecule has 0 heterocycles. The van der Waals surface area contributed by atoms with E-state index in [1.807, 2.05) is 0 Å². The molecule has 0 unspecified atom stereocenters. The molecule has 1 aliphatic carbocycles. The van der Waals surface area contributed by atoms with Gasteiger partial charge >= 0.3 is 0 Å². The monoisotopic (exact) mass is 200 g/mol. The minimum absolute atomic E-state index is 0.0662. The van der Waals surface area contributed by atoms with E-state index in [0.29, 0.717) is 13.0 Å². The number of nitrogens with one attached hydrogen (secondary N) is 1. The van der Waals surface area contributed by atoms with Gasteiger partial charge in [-0.1, -0.05) is 25.7 Å². The van der Waals surface area contributed by atoms with Crippen molar-refractivity contribution < 1.29 is 10.0 Å². The number of rotatable bonds is 3. The molecule has 0 aromatic heterocycles. The summed E-state index contributed by atoms with van der Waals surface area (Å²) in [5.41, 5.74) is 7.38. The molecule has 1 fully saturated rings. The molecule has 0 aliphatic heterocycles. The first-order valence-corrected chi connectivity index (χ1v) is 5.35. The van der Waals surface area contributed by atoms with E-state index in [1.165, 1.54) is 12.8 Å². The fraction of sp³-hybridized carbons (Fsp3) is 0.900. The Kier molecular flexibility index (Phi) is 4.35. The van der Waals surface area contributed by atoms with E-state index < -0.39 is 0 Å². The summed E-state index contributed by atoms with van der Waals surface area (Å²) < 4.78 is 0. The van der Waals surface area contributed by atoms with Gasteiger partial charge in [0.05, 0.1) is 0 Å². The van der Waals surface area contributed by atoms with E-state index in [0.717, 1.165) is 25.7 Å². The third-order valence-electron chi connectivity index (χ3n) is 3.26. The van der Waals surface area contributed by atoms with Crippen LogP contribution in [0.5, 0.6) is 0 Å². The zero-order chi connectivity index (χ0) is 10.4. The highest BCUT2D eigenvalue weighted by Crippen LogP contribution is 2.36. The molecule has 0 radical (unpaired) electrons. The molecule has 1 aliphatic rings. The summed E-state index contributed by atoms with van der Waals surface area (Å²) >= 11 is 0. The smallest absolute Gasteiger partial charge is 0.243 e. The van der Waals surface area contributed by atoms with E-state index in [4.69, 9.17) is 10.9 Å². The molecule has 0 aromatic rings. The van der Waals surface area contributed by atoms with Gasteiger partial charge in [0.2, 0.25) is 5.91 Å². The molecule has 0 atom stereocenters. The molecule has 4 heteroatoms. The van der Waals surface area contributed by atoms with Crippen LogP contribution in [-0.2, 0) is 4.79 Å². The molecule has 1 amide bonds. The van der Waals surface area contributed by atoms with Crippen molar-refractivity contribution in [3.8, 4) is 0 Å². The maximum Gasteiger partial charge on any atom is 0.243 e. The van der Waals surface area contributed by atoms with Crippen LogP contribution < -0.4 is 11.2 Å². The molecule has 1 rings (SSSR count). The molecule has 4 N–H and O–H groups in total. The predicted molar refractivity (Wildman–Crippen MR) is 53.7 cm³/mol. The van der Waals surface area contributed by atoms with Crippen molar-refractivity contribution in [3.05, 3.63) is 0 Å². The number of hydrogen-bond donors (Lipinski definition) is 3. The van der Waals surface area contributed by atoms with Crippen molar-refractivity contribution in [1.29, 1.82) is 0 Å². The van der Waals surface area contributed by atoms with E-state index in [-0.39, 0.29) is 11.3 Å². The Morgan fingerprint density at radius 3 is 2.29 bits per heavy atom. The Labute approximate surface area is 84.8 Å². The second-order valence-electron chi connectivity index (χ2n) is 4.33. The van der Waals surface area contributed by atoms with Gasteiger partial charge in [0.1, 0.15) is 0 Å². The van der Waals surface area contributed by atoms with Gasteiger partial charge in [0, 0.05) is 6.42 Å². The first-order valence-electron chi connectivity index (χ1n) is 5.35. The van der Waals surface area contributed by atoms with Crippen molar-refractivity contribution >= 4 is 5.91 Å². The SMILES string of the molecule is NCC1(CC(=O)NO)CCCCCC1. The van der Waals surface area contributed by atoms with Crippen LogP contribution in [0.25, 0.3) is 0 Å². The average Bonchev–Trinajstić information content (AvgIpc) is 2.44. The maximum atomic E-state index is 11.1. The lowest BCUT2D eigenvalue weighted by atomic mass is 9.77. The quantitative estimate of drug-likeness (QED) is 0.364. The highest BCUT2D eigenvalue weighted by atomic mass is 16.5. The minimum Gasteiger partial charge on any atom is -0.330 e. The van der Waals surface area contributed by atoms with Gasteiger partial charge in [-0.2, -0.15) is 0 Å². The molecule has 14 heavy (non-hydrogen) atoms. The highest BCUT2D eigenvalue weighted by Gasteiger charge is 2.31. The lowest BCUT2D eigenvalue weighted by Crippen LogP contribution is -2.36. The zero-order valence-electron chi connectivity index (χ0n) is 8.59. The second kappa shape index (κ2) is 5.32. The van der Waals surface area contributed by atoms with E-state index in [9.17, 15) is 4.79 Å². The molecule has 0 spiro atoms. The summed E-state index contributed by atoms with van der Waals surface area (Å²) in [6.07, 6.45) is 7.16. The van der Waals surface area contributed by atoms with Crippen molar-refractivity contribution in [2.24, 2.45) is 11.1 Å². The van der Waals surface area contributed by atoms with Gasteiger partial charge in [-0.05, 0) is 24.8 Å². The van der Waals surface area contributed by atoms with Gasteiger partial charge < -0.3 is 5.73 Å². The summed E-state index contributed by atoms with van der Waals surface area (Å²) in [4.78, 5) is 11.1. The molecule has 0 bridgehead atoms. The molecule has 0 saturated heterocycles. The van der Waals surface area contributed by atoms with Gasteiger partial charge in [-0.25, -0.2) is 5.48 Å². The Balaban J connectivity index is 2.57. The van der Waals surface area contributed by atoms with E-state index in [2.05, 4.69) is 0 Å². The minimum atomic E-state index is -0.308. The number of amides is 1. The summed E-state index contributed by atoms with van der Waals surface area (Å²) in [5, 5.41) is 8.51. The van der Waals surface area contributed by atoms with E-state index >= 15 is 0 Å². The van der Waals surface area contributed by atoms with Crippen LogP contribution >= 0.6 is 0 Å². The Morgan fingerprint density at radius 2 is 1.86 bits per heavy atom. The Hall–Kier alpha value is -0.610. The number of hydroxylamine groups is 1. The number of carbonyl (C=O) groups excluding carboxylic acids is 1. The average molecular weight is 200 g/mol. The van der Waals surface area contributed by atoms with Crippen LogP contribution in [0.2, 0.25) is 0 Å². The van der Waals surface area contributed by atoms with Crippen LogP contribution in [0, 0.1) is 5.41 Å². The summed E-state index contributed by atoms with van der Waals surface area (Å²) in [7, 11) is 0. The van der Waals surface area contributed by atoms with Crippen molar-refractivity contribution in [2.45, 2.75) is 44.9 Å². The highest BCUT2D eigenvalue weighted by molar-refractivity contribution is 5.75. The van der Waals surface area contributed by atoms with Crippen molar-refractivity contribution in [1.82, 2.24) is 5.48 Å². The standard InChI is InChI=1S/C10H20N2O2/c11-8-10(7-9(13)12-14)5-3-1-2-4-6-10/h14H,1-8,11H2,(H,12,13). The lowest BCUT2D eigenvalue weighted by molar-refractivity contribution is -0.131. The topological polar surface area (TPSA) is 75.4 Å². The Morgan fingerprint density at radius 1 is 1.29 bits per heavy atom. The normalized spacial score (nSPS) is 21.3. The van der Waals surface area contributed by atoms with Crippen LogP contribution in [0.15, 0.2) is 0 Å². The first kappa shape index (κ1) is 11.5. The number of hydrogen-bond acceptors (Lipinski definition) is 3. The second-order valence-corrected chi connectivity index (χ2v) is 4.33. The summed E-state index contributed by atoms with van der Waals surface area (Å²) in [6.45, 7) is 0.542. The largest absolute Gasteiger partial charge is 0.330 e. The lowest BCUT2D eigenvalue weighted by Gasteiger charge is -2.30. The third-order valence-corrected chi connectivity index (χ3v) is 3.26. The molecule has 4 nitrogen and oxygen atoms in total. The number of nitrogens with two attached hydrogens (primary N) is 1. The summed E-state index contributed by atoms with van der Waals surface area (Å²) in [5.74, 6) is -0.308. The van der Waals surface area contributed by atoms with Gasteiger partial charge in [0.25, 0.3) is 0 Å². The third kappa shape index (κ3) is 2.96. The first-order chi connectivity index (χ1) is 6.72. The Bertz CT molecular complexity index is 187. The maximum absolute atomic E-state index is 11.1. The van der Waals surface area contributed by atoms with Crippen LogP contribution in [0.1, 0.15) is 44.9 Å². The molecular formula is C10H20N2O2. The van der Waals surface area contributed by atoms with Crippen LogP contribution in [0.3, 0.4) is 0 Å². The van der Waals surface area contributed by atoms with Crippen LogP contribution in [-0.4, -0.2) is 17.7 Å². The zero-order valence-corrected chi connectivity index (χ0v) is 8.59. The van der Waals surface area contributed by atoms with Crippen molar-refractivity contribution in [3.63, 3.8) is 0 Å². The molecule has 1 saturated carbocycles. The fourth-order valence-electron chi connectivity index (χ4n) is 2.31. The van der Waals surface area contributed by atoms with Gasteiger partial charge in [0.15, 0.2) is 0 Å². The molecular weight excluding hydrogens is 180 g/mol.